The lowest BCUT2D eigenvalue weighted by molar-refractivity contribution is -0.124. The van der Waals surface area contributed by atoms with Gasteiger partial charge in [-0.3, -0.25) is 9.69 Å². The first kappa shape index (κ1) is 19.4. The van der Waals surface area contributed by atoms with Crippen LogP contribution in [-0.4, -0.2) is 55.1 Å². The summed E-state index contributed by atoms with van der Waals surface area (Å²) in [6.07, 6.45) is 0.696. The zero-order valence-electron chi connectivity index (χ0n) is 13.4. The summed E-state index contributed by atoms with van der Waals surface area (Å²) in [6, 6.07) is 5.01. The third-order valence-corrected chi connectivity index (χ3v) is 4.14. The first-order valence-corrected chi connectivity index (χ1v) is 8.53. The average molecular weight is 376 g/mol. The number of nitrogens with zero attached hydrogens (tertiary/aromatic N) is 1. The molecule has 0 aliphatic carbocycles. The quantitative estimate of drug-likeness (QED) is 0.526. The molecule has 6 nitrogen and oxygen atoms in total. The van der Waals surface area contributed by atoms with Gasteiger partial charge in [0, 0.05) is 36.8 Å². The van der Waals surface area contributed by atoms with E-state index in [1.54, 1.807) is 0 Å². The molecule has 138 valence electrons. The predicted molar refractivity (Wildman–Crippen MR) is 89.4 cm³/mol. The van der Waals surface area contributed by atoms with Gasteiger partial charge in [0.2, 0.25) is 5.91 Å². The maximum absolute atomic E-state index is 12.2. The molecule has 3 N–H and O–H groups in total. The Labute approximate surface area is 147 Å². The highest BCUT2D eigenvalue weighted by Gasteiger charge is 2.29. The second kappa shape index (κ2) is 8.95. The van der Waals surface area contributed by atoms with Crippen molar-refractivity contribution in [2.75, 3.05) is 38.0 Å². The number of halogens is 3. The summed E-state index contributed by atoms with van der Waals surface area (Å²) in [7, 11) is 0. The van der Waals surface area contributed by atoms with Gasteiger partial charge in [0.05, 0.1) is 6.54 Å². The number of rotatable bonds is 6. The Kier molecular flexibility index (Phi) is 6.94. The number of anilines is 1. The summed E-state index contributed by atoms with van der Waals surface area (Å²) in [5.74, 6) is 0.00378. The number of hydrogen-bond donors (Lipinski definition) is 3. The van der Waals surface area contributed by atoms with E-state index < -0.39 is 11.5 Å². The minimum Gasteiger partial charge on any atom is -0.354 e. The van der Waals surface area contributed by atoms with E-state index in [1.165, 1.54) is 24.3 Å². The molecule has 1 heterocycles. The molecule has 0 atom stereocenters. The lowest BCUT2D eigenvalue weighted by Gasteiger charge is -2.26. The van der Waals surface area contributed by atoms with Crippen molar-refractivity contribution < 1.29 is 22.8 Å². The molecule has 0 radical (unpaired) electrons. The van der Waals surface area contributed by atoms with Crippen molar-refractivity contribution in [2.24, 2.45) is 0 Å². The lowest BCUT2D eigenvalue weighted by Crippen LogP contribution is -2.48. The van der Waals surface area contributed by atoms with E-state index in [9.17, 15) is 22.8 Å². The molecule has 1 aliphatic heterocycles. The molecule has 0 unspecified atom stereocenters. The Morgan fingerprint density at radius 3 is 2.64 bits per heavy atom. The van der Waals surface area contributed by atoms with Crippen molar-refractivity contribution in [3.05, 3.63) is 24.3 Å². The molecule has 1 saturated heterocycles. The van der Waals surface area contributed by atoms with Crippen molar-refractivity contribution >= 4 is 29.4 Å². The Bertz CT molecular complexity index is 595. The van der Waals surface area contributed by atoms with E-state index >= 15 is 0 Å². The number of nitrogens with one attached hydrogen (secondary N) is 3. The summed E-state index contributed by atoms with van der Waals surface area (Å²) in [4.78, 5) is 25.0. The van der Waals surface area contributed by atoms with Gasteiger partial charge in [0.25, 0.3) is 0 Å². The molecule has 0 bridgehead atoms. The molecule has 1 fully saturated rings. The van der Waals surface area contributed by atoms with Gasteiger partial charge in [0.15, 0.2) is 0 Å². The number of carbonyl (C=O) groups is 2. The number of amides is 3. The van der Waals surface area contributed by atoms with Crippen LogP contribution in [0.4, 0.5) is 23.7 Å². The van der Waals surface area contributed by atoms with Crippen molar-refractivity contribution in [3.63, 3.8) is 0 Å². The molecule has 25 heavy (non-hydrogen) atoms. The smallest absolute Gasteiger partial charge is 0.354 e. The van der Waals surface area contributed by atoms with Crippen LogP contribution < -0.4 is 16.0 Å². The fraction of sp³-hybridized carbons (Fsp3) is 0.467. The van der Waals surface area contributed by atoms with Crippen LogP contribution in [0.15, 0.2) is 29.2 Å². The van der Waals surface area contributed by atoms with E-state index in [0.29, 0.717) is 38.3 Å². The molecule has 3 amide bonds. The van der Waals surface area contributed by atoms with Crippen LogP contribution in [-0.2, 0) is 4.79 Å². The second-order valence-electron chi connectivity index (χ2n) is 5.43. The van der Waals surface area contributed by atoms with Gasteiger partial charge < -0.3 is 16.0 Å². The fourth-order valence-electron chi connectivity index (χ4n) is 2.30. The molecule has 0 spiro atoms. The van der Waals surface area contributed by atoms with Crippen LogP contribution in [0.25, 0.3) is 0 Å². The van der Waals surface area contributed by atoms with Gasteiger partial charge in [-0.25, -0.2) is 4.79 Å². The van der Waals surface area contributed by atoms with E-state index in [1.807, 2.05) is 4.90 Å². The summed E-state index contributed by atoms with van der Waals surface area (Å²) < 4.78 is 36.7. The van der Waals surface area contributed by atoms with E-state index in [0.717, 1.165) is 6.54 Å². The zero-order chi connectivity index (χ0) is 18.3. The number of alkyl halides is 3. The molecular weight excluding hydrogens is 357 g/mol. The molecule has 1 aromatic rings. The van der Waals surface area contributed by atoms with Gasteiger partial charge in [-0.1, -0.05) is 0 Å². The Balaban J connectivity index is 1.65. The van der Waals surface area contributed by atoms with Gasteiger partial charge in [-0.05, 0) is 42.4 Å². The standard InChI is InChI=1S/C15H19F3N4O2S/c16-15(17,18)25-12-4-2-11(3-5-12)21-14(24)20-6-1-8-22-9-7-19-13(23)10-22/h2-5H,1,6-10H2,(H,19,23)(H2,20,21,24). The normalized spacial score (nSPS) is 15.6. The van der Waals surface area contributed by atoms with Crippen LogP contribution in [0.1, 0.15) is 6.42 Å². The third-order valence-electron chi connectivity index (χ3n) is 3.40. The minimum absolute atomic E-state index is 0.00378. The van der Waals surface area contributed by atoms with Gasteiger partial charge in [-0.2, -0.15) is 13.2 Å². The highest BCUT2D eigenvalue weighted by Crippen LogP contribution is 2.36. The number of carbonyl (C=O) groups excluding carboxylic acids is 2. The topological polar surface area (TPSA) is 73.5 Å². The SMILES string of the molecule is O=C1CN(CCCNC(=O)Nc2ccc(SC(F)(F)F)cc2)CCN1. The fourth-order valence-corrected chi connectivity index (χ4v) is 2.84. The van der Waals surface area contributed by atoms with E-state index in [2.05, 4.69) is 16.0 Å². The van der Waals surface area contributed by atoms with Crippen LogP contribution in [0.2, 0.25) is 0 Å². The van der Waals surface area contributed by atoms with Gasteiger partial charge >= 0.3 is 11.5 Å². The molecule has 10 heteroatoms. The van der Waals surface area contributed by atoms with Gasteiger partial charge in [0.1, 0.15) is 0 Å². The largest absolute Gasteiger partial charge is 0.446 e. The number of urea groups is 1. The van der Waals surface area contributed by atoms with Crippen LogP contribution in [0, 0.1) is 0 Å². The van der Waals surface area contributed by atoms with Crippen molar-refractivity contribution in [1.82, 2.24) is 15.5 Å². The highest BCUT2D eigenvalue weighted by molar-refractivity contribution is 8.00. The van der Waals surface area contributed by atoms with Gasteiger partial charge in [-0.15, -0.1) is 0 Å². The number of piperazine rings is 1. The van der Waals surface area contributed by atoms with E-state index in [-0.39, 0.29) is 22.6 Å². The first-order chi connectivity index (χ1) is 11.8. The maximum atomic E-state index is 12.2. The molecular formula is C15H19F3N4O2S. The number of thioether (sulfide) groups is 1. The lowest BCUT2D eigenvalue weighted by atomic mass is 10.3. The maximum Gasteiger partial charge on any atom is 0.446 e. The van der Waals surface area contributed by atoms with Crippen molar-refractivity contribution in [3.8, 4) is 0 Å². The van der Waals surface area contributed by atoms with Crippen LogP contribution in [0.5, 0.6) is 0 Å². The Morgan fingerprint density at radius 2 is 2.00 bits per heavy atom. The first-order valence-electron chi connectivity index (χ1n) is 7.71. The van der Waals surface area contributed by atoms with Crippen LogP contribution in [0.3, 0.4) is 0 Å². The van der Waals surface area contributed by atoms with Crippen molar-refractivity contribution in [2.45, 2.75) is 16.8 Å². The molecule has 1 aromatic carbocycles. The third kappa shape index (κ3) is 7.65. The summed E-state index contributed by atoms with van der Waals surface area (Å²) in [5.41, 5.74) is -3.92. The van der Waals surface area contributed by atoms with Crippen LogP contribution >= 0.6 is 11.8 Å². The molecule has 0 aromatic heterocycles. The Hall–Kier alpha value is -1.94. The van der Waals surface area contributed by atoms with E-state index in [4.69, 9.17) is 0 Å². The molecule has 1 aliphatic rings. The molecule has 0 saturated carbocycles. The molecule has 2 rings (SSSR count). The Morgan fingerprint density at radius 1 is 1.28 bits per heavy atom. The second-order valence-corrected chi connectivity index (χ2v) is 6.57. The number of benzene rings is 1. The highest BCUT2D eigenvalue weighted by atomic mass is 32.2. The summed E-state index contributed by atoms with van der Waals surface area (Å²) in [6.45, 7) is 2.94. The van der Waals surface area contributed by atoms with Crippen molar-refractivity contribution in [1.29, 1.82) is 0 Å². The summed E-state index contributed by atoms with van der Waals surface area (Å²) in [5, 5.41) is 7.97. The zero-order valence-corrected chi connectivity index (χ0v) is 14.2. The predicted octanol–water partition coefficient (Wildman–Crippen LogP) is 2.24. The minimum atomic E-state index is -4.33. The average Bonchev–Trinajstić information content (AvgIpc) is 2.52. The number of hydrogen-bond acceptors (Lipinski definition) is 4. The monoisotopic (exact) mass is 376 g/mol. The summed E-state index contributed by atoms with van der Waals surface area (Å²) >= 11 is -0.203.